The van der Waals surface area contributed by atoms with E-state index in [-0.39, 0.29) is 44.0 Å². The van der Waals surface area contributed by atoms with Gasteiger partial charge in [0.05, 0.1) is 12.6 Å². The minimum absolute atomic E-state index is 0.0352. The lowest BCUT2D eigenvalue weighted by molar-refractivity contribution is -0.134. The van der Waals surface area contributed by atoms with E-state index in [1.165, 1.54) is 0 Å². The van der Waals surface area contributed by atoms with E-state index in [0.717, 1.165) is 27.6 Å². The Morgan fingerprint density at radius 3 is 2.08 bits per heavy atom. The van der Waals surface area contributed by atoms with Crippen LogP contribution < -0.4 is 10.6 Å². The fourth-order valence-corrected chi connectivity index (χ4v) is 6.03. The van der Waals surface area contributed by atoms with E-state index in [1.807, 2.05) is 97.2 Å². The van der Waals surface area contributed by atoms with Crippen LogP contribution in [0.2, 0.25) is 0 Å². The number of hydrogen-bond donors (Lipinski definition) is 3. The number of hydrogen-bond acceptors (Lipinski definition) is 6. The number of carbonyl (C=O) groups is 4. The van der Waals surface area contributed by atoms with Crippen LogP contribution in [-0.2, 0) is 43.3 Å². The van der Waals surface area contributed by atoms with E-state index in [1.54, 1.807) is 31.2 Å². The Morgan fingerprint density at radius 1 is 0.796 bits per heavy atom. The Balaban J connectivity index is 1.26. The molecule has 4 atom stereocenters. The van der Waals surface area contributed by atoms with Crippen LogP contribution in [0.4, 0.5) is 4.79 Å². The third kappa shape index (κ3) is 8.49. The number of carbonyl (C=O) groups excluding carboxylic acids is 4. The van der Waals surface area contributed by atoms with Gasteiger partial charge in [0.15, 0.2) is 11.6 Å². The molecule has 0 bridgehead atoms. The Hall–Kier alpha value is -5.54. The van der Waals surface area contributed by atoms with Gasteiger partial charge in [-0.25, -0.2) is 4.79 Å². The molecule has 0 saturated carbocycles. The van der Waals surface area contributed by atoms with Gasteiger partial charge in [0, 0.05) is 29.4 Å². The molecule has 4 aromatic carbocycles. The van der Waals surface area contributed by atoms with Crippen molar-refractivity contribution in [2.75, 3.05) is 6.61 Å². The molecule has 1 aliphatic heterocycles. The van der Waals surface area contributed by atoms with Crippen molar-refractivity contribution in [1.29, 1.82) is 0 Å². The Kier molecular flexibility index (Phi) is 10.3. The number of alkyl carbamates (subject to hydrolysis) is 1. The molecule has 2 heterocycles. The van der Waals surface area contributed by atoms with Crippen LogP contribution in [0.15, 0.2) is 121 Å². The molecule has 1 saturated heterocycles. The zero-order valence-electron chi connectivity index (χ0n) is 27.3. The number of fused-ring (bicyclic) bond motifs is 1. The number of epoxide rings is 1. The summed E-state index contributed by atoms with van der Waals surface area (Å²) in [5.74, 6) is -1.88. The fourth-order valence-electron chi connectivity index (χ4n) is 6.03. The van der Waals surface area contributed by atoms with E-state index >= 15 is 0 Å². The molecule has 0 aliphatic carbocycles. The SMILES string of the molecule is C[C@]1(C(=O)[C@H](Cc2ccccc2)NC(=O)[C@@H](CC(=O)[C@@H](NC(=O)OCc2ccccc2)c2ccccc2)Cc2c[nH]c3ccccc23)CO1. The number of ether oxygens (including phenoxy) is 2. The second-order valence-electron chi connectivity index (χ2n) is 12.6. The van der Waals surface area contributed by atoms with Crippen molar-refractivity contribution in [1.82, 2.24) is 15.6 Å². The fraction of sp³-hybridized carbons (Fsp3) is 0.250. The number of amides is 2. The highest BCUT2D eigenvalue weighted by Crippen LogP contribution is 2.30. The number of rotatable bonds is 15. The van der Waals surface area contributed by atoms with Crippen molar-refractivity contribution >= 4 is 34.5 Å². The number of Topliss-reactive ketones (excluding diaryl/α,β-unsaturated/α-hetero) is 2. The molecule has 9 heteroatoms. The van der Waals surface area contributed by atoms with Gasteiger partial charge in [0.1, 0.15) is 18.2 Å². The van der Waals surface area contributed by atoms with Crippen molar-refractivity contribution in [3.05, 3.63) is 144 Å². The molecular weight excluding hydrogens is 618 g/mol. The van der Waals surface area contributed by atoms with Crippen LogP contribution >= 0.6 is 0 Å². The topological polar surface area (TPSA) is 130 Å². The highest BCUT2D eigenvalue weighted by atomic mass is 16.6. The number of aromatic amines is 1. The first-order valence-corrected chi connectivity index (χ1v) is 16.4. The maximum atomic E-state index is 14.3. The second kappa shape index (κ2) is 15.1. The van der Waals surface area contributed by atoms with Crippen LogP contribution in [0.3, 0.4) is 0 Å². The summed E-state index contributed by atoms with van der Waals surface area (Å²) < 4.78 is 10.9. The molecule has 3 N–H and O–H groups in total. The van der Waals surface area contributed by atoms with E-state index in [4.69, 9.17) is 9.47 Å². The van der Waals surface area contributed by atoms with Crippen molar-refractivity contribution in [3.63, 3.8) is 0 Å². The third-order valence-electron chi connectivity index (χ3n) is 8.90. The summed E-state index contributed by atoms with van der Waals surface area (Å²) in [6.45, 7) is 2.04. The predicted molar refractivity (Wildman–Crippen MR) is 186 cm³/mol. The van der Waals surface area contributed by atoms with Crippen LogP contribution in [0, 0.1) is 5.92 Å². The molecule has 0 spiro atoms. The van der Waals surface area contributed by atoms with E-state index < -0.39 is 35.6 Å². The maximum absolute atomic E-state index is 14.3. The van der Waals surface area contributed by atoms with Crippen LogP contribution in [0.5, 0.6) is 0 Å². The van der Waals surface area contributed by atoms with E-state index in [0.29, 0.717) is 5.56 Å². The molecule has 1 aromatic heterocycles. The van der Waals surface area contributed by atoms with Crippen molar-refractivity contribution in [3.8, 4) is 0 Å². The zero-order chi connectivity index (χ0) is 34.2. The van der Waals surface area contributed by atoms with Gasteiger partial charge in [-0.3, -0.25) is 14.4 Å². The van der Waals surface area contributed by atoms with E-state index in [2.05, 4.69) is 15.6 Å². The summed E-state index contributed by atoms with van der Waals surface area (Å²) >= 11 is 0. The molecule has 0 unspecified atom stereocenters. The van der Waals surface area contributed by atoms with Crippen LogP contribution in [-0.4, -0.2) is 46.8 Å². The van der Waals surface area contributed by atoms with Crippen LogP contribution in [0.1, 0.15) is 41.6 Å². The largest absolute Gasteiger partial charge is 0.445 e. The van der Waals surface area contributed by atoms with Gasteiger partial charge in [0.25, 0.3) is 0 Å². The molecule has 9 nitrogen and oxygen atoms in total. The summed E-state index contributed by atoms with van der Waals surface area (Å²) in [4.78, 5) is 58.3. The molecule has 250 valence electrons. The normalized spacial score (nSPS) is 17.0. The summed E-state index contributed by atoms with van der Waals surface area (Å²) in [5, 5.41) is 6.67. The van der Waals surface area contributed by atoms with Gasteiger partial charge in [-0.2, -0.15) is 0 Å². The van der Waals surface area contributed by atoms with Gasteiger partial charge in [-0.1, -0.05) is 109 Å². The minimum Gasteiger partial charge on any atom is -0.445 e. The summed E-state index contributed by atoms with van der Waals surface area (Å²) in [6, 6.07) is 33.4. The van der Waals surface area contributed by atoms with E-state index in [9.17, 15) is 19.2 Å². The minimum atomic E-state index is -1.07. The average Bonchev–Trinajstić information content (AvgIpc) is 3.76. The van der Waals surface area contributed by atoms with Gasteiger partial charge in [-0.05, 0) is 48.1 Å². The molecule has 5 aromatic rings. The average molecular weight is 658 g/mol. The Bertz CT molecular complexity index is 1900. The number of benzene rings is 4. The molecule has 0 radical (unpaired) electrons. The second-order valence-corrected chi connectivity index (χ2v) is 12.6. The lowest BCUT2D eigenvalue weighted by Crippen LogP contribution is -2.50. The molecule has 1 aliphatic rings. The number of ketones is 2. The molecular formula is C40H39N3O6. The highest BCUT2D eigenvalue weighted by molar-refractivity contribution is 5.98. The van der Waals surface area contributed by atoms with Gasteiger partial charge < -0.3 is 25.1 Å². The quantitative estimate of drug-likeness (QED) is 0.118. The molecule has 2 amide bonds. The summed E-state index contributed by atoms with van der Waals surface area (Å²) in [7, 11) is 0. The third-order valence-corrected chi connectivity index (χ3v) is 8.90. The van der Waals surface area contributed by atoms with Crippen molar-refractivity contribution in [2.45, 2.75) is 50.5 Å². The first-order chi connectivity index (χ1) is 23.8. The van der Waals surface area contributed by atoms with Crippen molar-refractivity contribution in [2.24, 2.45) is 5.92 Å². The highest BCUT2D eigenvalue weighted by Gasteiger charge is 2.50. The smallest absolute Gasteiger partial charge is 0.408 e. The molecule has 49 heavy (non-hydrogen) atoms. The summed E-state index contributed by atoms with van der Waals surface area (Å²) in [5.41, 5.74) is 3.06. The number of aromatic nitrogens is 1. The van der Waals surface area contributed by atoms with Crippen LogP contribution in [0.25, 0.3) is 10.9 Å². The maximum Gasteiger partial charge on any atom is 0.408 e. The van der Waals surface area contributed by atoms with Gasteiger partial charge in [0.2, 0.25) is 5.91 Å². The first kappa shape index (κ1) is 33.4. The monoisotopic (exact) mass is 657 g/mol. The molecule has 6 rings (SSSR count). The Labute approximate surface area is 285 Å². The van der Waals surface area contributed by atoms with Gasteiger partial charge in [-0.15, -0.1) is 0 Å². The Morgan fingerprint density at radius 2 is 1.41 bits per heavy atom. The number of para-hydroxylation sites is 1. The zero-order valence-corrected chi connectivity index (χ0v) is 27.3. The van der Waals surface area contributed by atoms with Crippen molar-refractivity contribution < 1.29 is 28.7 Å². The summed E-state index contributed by atoms with van der Waals surface area (Å²) in [6.07, 6.45) is 1.38. The lowest BCUT2D eigenvalue weighted by Gasteiger charge is -2.25. The number of nitrogens with one attached hydrogen (secondary N) is 3. The molecule has 1 fully saturated rings. The predicted octanol–water partition coefficient (Wildman–Crippen LogP) is 6.04. The number of H-pyrrole nitrogens is 1. The lowest BCUT2D eigenvalue weighted by atomic mass is 9.88. The van der Waals surface area contributed by atoms with Gasteiger partial charge >= 0.3 is 6.09 Å². The first-order valence-electron chi connectivity index (χ1n) is 16.4. The standard InChI is InChI=1S/C40H39N3O6/c1-40(26-49-40)37(45)34(21-27-13-5-2-6-14-27)42-38(46)30(22-31-24-41-33-20-12-11-19-32(31)33)23-35(44)36(29-17-9-4-10-18-29)43-39(47)48-25-28-15-7-3-8-16-28/h2-20,24,30,34,36,41H,21-23,25-26H2,1H3,(H,42,46)(H,43,47)/t30-,34+,36+,40-/m1/s1.